The first kappa shape index (κ1) is 27.3. The molecular formula is C28H35N5O2S. The second-order valence-corrected chi connectivity index (χ2v) is 9.47. The van der Waals surface area contributed by atoms with Crippen molar-refractivity contribution in [3.8, 4) is 0 Å². The van der Waals surface area contributed by atoms with Crippen LogP contribution in [0.3, 0.4) is 0 Å². The molecule has 2 amide bonds. The zero-order valence-electron chi connectivity index (χ0n) is 21.4. The molecule has 0 unspecified atom stereocenters. The molecule has 3 aromatic rings. The Bertz CT molecular complexity index is 1180. The van der Waals surface area contributed by atoms with Gasteiger partial charge in [-0.25, -0.2) is 5.43 Å². The molecule has 0 atom stereocenters. The van der Waals surface area contributed by atoms with E-state index in [-0.39, 0.29) is 11.8 Å². The largest absolute Gasteiger partial charge is 0.313 e. The first-order valence-electron chi connectivity index (χ1n) is 12.2. The average Bonchev–Trinajstić information content (AvgIpc) is 3.25. The molecule has 3 rings (SSSR count). The maximum atomic E-state index is 13.0. The summed E-state index contributed by atoms with van der Waals surface area (Å²) in [4.78, 5) is 28.2. The van der Waals surface area contributed by atoms with Crippen molar-refractivity contribution in [1.82, 2.24) is 15.6 Å². The number of nitrogens with zero attached hydrogens (tertiary/aromatic N) is 2. The fourth-order valence-electron chi connectivity index (χ4n) is 3.70. The molecule has 0 aliphatic heterocycles. The number of hydrazone groups is 1. The Hall–Kier alpha value is -3.33. The number of amides is 2. The third-order valence-electron chi connectivity index (χ3n) is 5.90. The second-order valence-electron chi connectivity index (χ2n) is 8.59. The van der Waals surface area contributed by atoms with Gasteiger partial charge in [0.05, 0.1) is 11.8 Å². The van der Waals surface area contributed by atoms with E-state index in [2.05, 4.69) is 39.9 Å². The lowest BCUT2D eigenvalue weighted by molar-refractivity contribution is 0.0956. The minimum Gasteiger partial charge on any atom is -0.313 e. The Morgan fingerprint density at radius 2 is 1.78 bits per heavy atom. The number of nitrogens with one attached hydrogen (secondary N) is 3. The van der Waals surface area contributed by atoms with Gasteiger partial charge in [0, 0.05) is 25.2 Å². The summed E-state index contributed by atoms with van der Waals surface area (Å²) in [6.45, 7) is 12.8. The van der Waals surface area contributed by atoms with E-state index in [4.69, 9.17) is 0 Å². The van der Waals surface area contributed by atoms with E-state index in [1.54, 1.807) is 12.3 Å². The van der Waals surface area contributed by atoms with E-state index in [0.29, 0.717) is 22.7 Å². The molecule has 190 valence electrons. The van der Waals surface area contributed by atoms with Crippen molar-refractivity contribution in [2.45, 2.75) is 34.2 Å². The lowest BCUT2D eigenvalue weighted by atomic mass is 10.1. The molecule has 3 N–H and O–H groups in total. The summed E-state index contributed by atoms with van der Waals surface area (Å²) in [6, 6.07) is 15.4. The number of hydrogen-bond acceptors (Lipinski definition) is 6. The van der Waals surface area contributed by atoms with E-state index < -0.39 is 0 Å². The fourth-order valence-corrected chi connectivity index (χ4v) is 4.64. The van der Waals surface area contributed by atoms with Gasteiger partial charge < -0.3 is 15.5 Å². The number of likely N-dealkylation sites (N-methyl/N-ethyl adjacent to an activating group) is 1. The van der Waals surface area contributed by atoms with E-state index in [9.17, 15) is 9.59 Å². The molecular weight excluding hydrogens is 470 g/mol. The lowest BCUT2D eigenvalue weighted by Gasteiger charge is -2.18. The highest BCUT2D eigenvalue weighted by molar-refractivity contribution is 7.15. The van der Waals surface area contributed by atoms with Gasteiger partial charge in [-0.15, -0.1) is 11.3 Å². The van der Waals surface area contributed by atoms with Crippen LogP contribution in [0.25, 0.3) is 0 Å². The molecule has 0 aliphatic carbocycles. The topological polar surface area (TPSA) is 85.8 Å². The van der Waals surface area contributed by atoms with Gasteiger partial charge >= 0.3 is 0 Å². The molecule has 8 heteroatoms. The van der Waals surface area contributed by atoms with Gasteiger partial charge in [-0.3, -0.25) is 9.59 Å². The van der Waals surface area contributed by atoms with E-state index in [0.717, 1.165) is 48.4 Å². The minimum atomic E-state index is -0.362. The number of anilines is 1. The van der Waals surface area contributed by atoms with Gasteiger partial charge in [0.2, 0.25) is 0 Å². The van der Waals surface area contributed by atoms with Crippen LogP contribution in [0.2, 0.25) is 0 Å². The predicted molar refractivity (Wildman–Crippen MR) is 149 cm³/mol. The minimum absolute atomic E-state index is 0.251. The summed E-state index contributed by atoms with van der Waals surface area (Å²) < 4.78 is 0. The third-order valence-corrected chi connectivity index (χ3v) is 6.92. The van der Waals surface area contributed by atoms with Crippen molar-refractivity contribution < 1.29 is 9.59 Å². The normalized spacial score (nSPS) is 11.2. The van der Waals surface area contributed by atoms with Crippen molar-refractivity contribution in [2.24, 2.45) is 5.10 Å². The standard InChI is InChI=1S/C28H35N5O2S/c1-5-33(6-2)15-14-29-17-23-8-7-9-24(16-23)26(34)31-28-25(21(4)19-36-28)27(35)32-30-18-22-12-10-20(3)11-13-22/h7-13,16,18-19,29H,5-6,14-15,17H2,1-4H3,(H,31,34)(H,32,35). The predicted octanol–water partition coefficient (Wildman–Crippen LogP) is 4.81. The smallest absolute Gasteiger partial charge is 0.274 e. The molecule has 7 nitrogen and oxygen atoms in total. The molecule has 0 saturated carbocycles. The van der Waals surface area contributed by atoms with E-state index in [1.165, 1.54) is 11.3 Å². The second kappa shape index (κ2) is 13.7. The SMILES string of the molecule is CCN(CC)CCNCc1cccc(C(=O)Nc2scc(C)c2C(=O)NN=Cc2ccc(C)cc2)c1. The third kappa shape index (κ3) is 7.84. The highest BCUT2D eigenvalue weighted by atomic mass is 32.1. The number of benzene rings is 2. The van der Waals surface area contributed by atoms with Gasteiger partial charge in [-0.2, -0.15) is 5.10 Å². The van der Waals surface area contributed by atoms with Crippen molar-refractivity contribution in [3.63, 3.8) is 0 Å². The van der Waals surface area contributed by atoms with Crippen LogP contribution in [0, 0.1) is 13.8 Å². The Morgan fingerprint density at radius 3 is 2.50 bits per heavy atom. The van der Waals surface area contributed by atoms with Crippen molar-refractivity contribution in [1.29, 1.82) is 0 Å². The fraction of sp³-hybridized carbons (Fsp3) is 0.321. The van der Waals surface area contributed by atoms with Crippen LogP contribution in [-0.2, 0) is 6.54 Å². The molecule has 2 aromatic carbocycles. The summed E-state index contributed by atoms with van der Waals surface area (Å²) in [6.07, 6.45) is 1.60. The lowest BCUT2D eigenvalue weighted by Crippen LogP contribution is -2.31. The monoisotopic (exact) mass is 505 g/mol. The molecule has 0 fully saturated rings. The zero-order valence-corrected chi connectivity index (χ0v) is 22.2. The van der Waals surface area contributed by atoms with E-state index in [1.807, 2.05) is 61.7 Å². The Balaban J connectivity index is 1.60. The molecule has 1 aromatic heterocycles. The summed E-state index contributed by atoms with van der Waals surface area (Å²) in [5.41, 5.74) is 7.40. The van der Waals surface area contributed by atoms with Crippen molar-refractivity contribution >= 4 is 34.4 Å². The zero-order chi connectivity index (χ0) is 25.9. The Morgan fingerprint density at radius 1 is 1.03 bits per heavy atom. The molecule has 1 heterocycles. The van der Waals surface area contributed by atoms with Crippen LogP contribution in [0.4, 0.5) is 5.00 Å². The van der Waals surface area contributed by atoms with Crippen LogP contribution in [0.5, 0.6) is 0 Å². The summed E-state index contributed by atoms with van der Waals surface area (Å²) >= 11 is 1.33. The van der Waals surface area contributed by atoms with Gasteiger partial charge in [-0.1, -0.05) is 55.8 Å². The summed E-state index contributed by atoms with van der Waals surface area (Å²) in [7, 11) is 0. The molecule has 0 saturated heterocycles. The number of aryl methyl sites for hydroxylation is 2. The maximum absolute atomic E-state index is 13.0. The van der Waals surface area contributed by atoms with Crippen LogP contribution >= 0.6 is 11.3 Å². The number of carbonyl (C=O) groups is 2. The van der Waals surface area contributed by atoms with Crippen LogP contribution in [-0.4, -0.2) is 49.1 Å². The molecule has 0 radical (unpaired) electrons. The molecule has 0 aliphatic rings. The van der Waals surface area contributed by atoms with Crippen LogP contribution in [0.1, 0.15) is 56.8 Å². The number of thiophene rings is 1. The van der Waals surface area contributed by atoms with Crippen LogP contribution < -0.4 is 16.1 Å². The van der Waals surface area contributed by atoms with Gasteiger partial charge in [0.25, 0.3) is 11.8 Å². The molecule has 36 heavy (non-hydrogen) atoms. The highest BCUT2D eigenvalue weighted by Crippen LogP contribution is 2.28. The van der Waals surface area contributed by atoms with Crippen molar-refractivity contribution in [2.75, 3.05) is 31.5 Å². The summed E-state index contributed by atoms with van der Waals surface area (Å²) in [5.74, 6) is -0.613. The molecule has 0 spiro atoms. The highest BCUT2D eigenvalue weighted by Gasteiger charge is 2.19. The molecule has 0 bridgehead atoms. The van der Waals surface area contributed by atoms with Crippen LogP contribution in [0.15, 0.2) is 59.0 Å². The summed E-state index contributed by atoms with van der Waals surface area (Å²) in [5, 5.41) is 12.8. The first-order chi connectivity index (χ1) is 17.4. The van der Waals surface area contributed by atoms with Gasteiger partial charge in [0.15, 0.2) is 0 Å². The van der Waals surface area contributed by atoms with E-state index >= 15 is 0 Å². The Kier molecular flexibility index (Phi) is 10.4. The average molecular weight is 506 g/mol. The maximum Gasteiger partial charge on any atom is 0.274 e. The number of carbonyl (C=O) groups excluding carboxylic acids is 2. The first-order valence-corrected chi connectivity index (χ1v) is 13.1. The Labute approximate surface area is 217 Å². The van der Waals surface area contributed by atoms with Crippen molar-refractivity contribution in [3.05, 3.63) is 87.3 Å². The van der Waals surface area contributed by atoms with Gasteiger partial charge in [-0.05, 0) is 61.1 Å². The quantitative estimate of drug-likeness (QED) is 0.187. The van der Waals surface area contributed by atoms with Gasteiger partial charge in [0.1, 0.15) is 5.00 Å². The number of rotatable bonds is 12. The number of hydrogen-bond donors (Lipinski definition) is 3.